The number of aromatic nitrogens is 1. The summed E-state index contributed by atoms with van der Waals surface area (Å²) in [7, 11) is 0. The van der Waals surface area contributed by atoms with Crippen LogP contribution in [0.4, 0.5) is 4.39 Å². The second kappa shape index (κ2) is 7.70. The van der Waals surface area contributed by atoms with Crippen molar-refractivity contribution < 1.29 is 18.7 Å². The molecule has 2 N–H and O–H groups in total. The van der Waals surface area contributed by atoms with Crippen molar-refractivity contribution >= 4 is 5.91 Å². The van der Waals surface area contributed by atoms with E-state index in [9.17, 15) is 9.18 Å². The Morgan fingerprint density at radius 1 is 1.41 bits per heavy atom. The number of nitrogens with zero attached hydrogens (tertiary/aromatic N) is 1. The van der Waals surface area contributed by atoms with E-state index < -0.39 is 0 Å². The second-order valence-corrected chi connectivity index (χ2v) is 4.98. The van der Waals surface area contributed by atoms with Gasteiger partial charge in [-0.2, -0.15) is 0 Å². The Balaban J connectivity index is 1.89. The molecule has 0 saturated carbocycles. The smallest absolute Gasteiger partial charge is 0.220 e. The summed E-state index contributed by atoms with van der Waals surface area (Å²) in [4.78, 5) is 15.8. The molecular formula is C16H19FN2O3. The van der Waals surface area contributed by atoms with E-state index in [-0.39, 0.29) is 30.8 Å². The Morgan fingerprint density at radius 3 is 2.77 bits per heavy atom. The molecule has 1 atom stereocenters. The number of nitrogens with one attached hydrogen (secondary N) is 1. The number of oxazole rings is 1. The molecule has 0 saturated heterocycles. The SMILES string of the molecule is CCC(CO)NC(=O)CCc1ncc(-c2ccc(F)cc2)o1. The maximum absolute atomic E-state index is 12.9. The van der Waals surface area contributed by atoms with Crippen LogP contribution in [0, 0.1) is 5.82 Å². The van der Waals surface area contributed by atoms with Crippen molar-refractivity contribution in [2.45, 2.75) is 32.2 Å². The van der Waals surface area contributed by atoms with Crippen LogP contribution >= 0.6 is 0 Å². The summed E-state index contributed by atoms with van der Waals surface area (Å²) in [5, 5.41) is 11.8. The van der Waals surface area contributed by atoms with Crippen molar-refractivity contribution in [3.8, 4) is 11.3 Å². The number of carbonyl (C=O) groups excluding carboxylic acids is 1. The van der Waals surface area contributed by atoms with E-state index in [1.54, 1.807) is 18.3 Å². The minimum Gasteiger partial charge on any atom is -0.441 e. The molecule has 0 aliphatic carbocycles. The lowest BCUT2D eigenvalue weighted by Crippen LogP contribution is -2.37. The summed E-state index contributed by atoms with van der Waals surface area (Å²) in [6, 6.07) is 5.71. The minimum absolute atomic E-state index is 0.0735. The highest BCUT2D eigenvalue weighted by Gasteiger charge is 2.12. The average Bonchev–Trinajstić information content (AvgIpc) is 3.00. The van der Waals surface area contributed by atoms with Crippen LogP contribution in [0.3, 0.4) is 0 Å². The van der Waals surface area contributed by atoms with Crippen molar-refractivity contribution in [1.29, 1.82) is 0 Å². The number of hydrogen-bond acceptors (Lipinski definition) is 4. The molecule has 1 aromatic heterocycles. The van der Waals surface area contributed by atoms with Crippen LogP contribution in [0.1, 0.15) is 25.7 Å². The first-order valence-corrected chi connectivity index (χ1v) is 7.23. The van der Waals surface area contributed by atoms with Crippen LogP contribution < -0.4 is 5.32 Å². The molecule has 22 heavy (non-hydrogen) atoms. The van der Waals surface area contributed by atoms with Gasteiger partial charge in [0, 0.05) is 18.4 Å². The largest absolute Gasteiger partial charge is 0.441 e. The Labute approximate surface area is 128 Å². The van der Waals surface area contributed by atoms with Crippen LogP contribution in [-0.4, -0.2) is 28.6 Å². The fourth-order valence-corrected chi connectivity index (χ4v) is 1.97. The van der Waals surface area contributed by atoms with E-state index >= 15 is 0 Å². The summed E-state index contributed by atoms with van der Waals surface area (Å²) in [6.45, 7) is 1.82. The molecule has 0 spiro atoms. The summed E-state index contributed by atoms with van der Waals surface area (Å²) in [5.74, 6) is 0.528. The Kier molecular flexibility index (Phi) is 5.66. The van der Waals surface area contributed by atoms with E-state index in [4.69, 9.17) is 9.52 Å². The van der Waals surface area contributed by atoms with Gasteiger partial charge in [0.1, 0.15) is 5.82 Å². The van der Waals surface area contributed by atoms with Crippen molar-refractivity contribution in [3.05, 3.63) is 42.2 Å². The van der Waals surface area contributed by atoms with E-state index in [2.05, 4.69) is 10.3 Å². The molecule has 0 aliphatic heterocycles. The van der Waals surface area contributed by atoms with Gasteiger partial charge in [-0.25, -0.2) is 9.37 Å². The quantitative estimate of drug-likeness (QED) is 0.823. The second-order valence-electron chi connectivity index (χ2n) is 4.98. The Morgan fingerprint density at radius 2 is 2.14 bits per heavy atom. The molecular weight excluding hydrogens is 287 g/mol. The fraction of sp³-hybridized carbons (Fsp3) is 0.375. The molecule has 1 unspecified atom stereocenters. The van der Waals surface area contributed by atoms with Crippen molar-refractivity contribution in [2.24, 2.45) is 0 Å². The van der Waals surface area contributed by atoms with Crippen LogP contribution in [0.15, 0.2) is 34.9 Å². The summed E-state index contributed by atoms with van der Waals surface area (Å²) < 4.78 is 18.4. The number of carbonyl (C=O) groups is 1. The number of halogens is 1. The minimum atomic E-state index is -0.311. The number of hydrogen-bond donors (Lipinski definition) is 2. The average molecular weight is 306 g/mol. The molecule has 1 heterocycles. The molecule has 0 bridgehead atoms. The highest BCUT2D eigenvalue weighted by atomic mass is 19.1. The van der Waals surface area contributed by atoms with Crippen molar-refractivity contribution in [3.63, 3.8) is 0 Å². The standard InChI is InChI=1S/C16H19FN2O3/c1-2-13(10-20)19-15(21)7-8-16-18-9-14(22-16)11-3-5-12(17)6-4-11/h3-6,9,13,20H,2,7-8,10H2,1H3,(H,19,21). The third kappa shape index (κ3) is 4.39. The third-order valence-electron chi connectivity index (χ3n) is 3.33. The van der Waals surface area contributed by atoms with Gasteiger partial charge in [0.2, 0.25) is 5.91 Å². The van der Waals surface area contributed by atoms with Gasteiger partial charge in [-0.1, -0.05) is 6.92 Å². The number of aliphatic hydroxyl groups is 1. The zero-order chi connectivity index (χ0) is 15.9. The monoisotopic (exact) mass is 306 g/mol. The summed E-state index contributed by atoms with van der Waals surface area (Å²) in [5.41, 5.74) is 0.732. The van der Waals surface area contributed by atoms with Crippen molar-refractivity contribution in [1.82, 2.24) is 10.3 Å². The fourth-order valence-electron chi connectivity index (χ4n) is 1.97. The number of rotatable bonds is 7. The number of benzene rings is 1. The number of aliphatic hydroxyl groups excluding tert-OH is 1. The molecule has 5 nitrogen and oxygen atoms in total. The van der Waals surface area contributed by atoms with Gasteiger partial charge in [-0.05, 0) is 30.7 Å². The molecule has 1 amide bonds. The number of aryl methyl sites for hydroxylation is 1. The lowest BCUT2D eigenvalue weighted by Gasteiger charge is -2.13. The van der Waals surface area contributed by atoms with Crippen LogP contribution in [0.2, 0.25) is 0 Å². The van der Waals surface area contributed by atoms with Gasteiger partial charge in [0.25, 0.3) is 0 Å². The maximum Gasteiger partial charge on any atom is 0.220 e. The Bertz CT molecular complexity index is 606. The predicted octanol–water partition coefficient (Wildman–Crippen LogP) is 2.30. The van der Waals surface area contributed by atoms with Crippen molar-refractivity contribution in [2.75, 3.05) is 6.61 Å². The van der Waals surface area contributed by atoms with Crippen LogP contribution in [0.5, 0.6) is 0 Å². The first-order valence-electron chi connectivity index (χ1n) is 7.23. The van der Waals surface area contributed by atoms with E-state index in [1.807, 2.05) is 6.92 Å². The molecule has 2 rings (SSSR count). The van der Waals surface area contributed by atoms with Gasteiger partial charge < -0.3 is 14.8 Å². The predicted molar refractivity (Wildman–Crippen MR) is 79.5 cm³/mol. The Hall–Kier alpha value is -2.21. The molecule has 6 heteroatoms. The first kappa shape index (κ1) is 16.2. The molecule has 0 radical (unpaired) electrons. The van der Waals surface area contributed by atoms with Crippen LogP contribution in [-0.2, 0) is 11.2 Å². The highest BCUT2D eigenvalue weighted by molar-refractivity contribution is 5.76. The van der Waals surface area contributed by atoms with Crippen LogP contribution in [0.25, 0.3) is 11.3 Å². The topological polar surface area (TPSA) is 75.4 Å². The zero-order valence-corrected chi connectivity index (χ0v) is 12.4. The van der Waals surface area contributed by atoms with E-state index in [0.717, 1.165) is 5.56 Å². The molecule has 0 aliphatic rings. The molecule has 118 valence electrons. The third-order valence-corrected chi connectivity index (χ3v) is 3.33. The van der Waals surface area contributed by atoms with Gasteiger partial charge in [0.15, 0.2) is 11.7 Å². The first-order chi connectivity index (χ1) is 10.6. The number of amides is 1. The molecule has 1 aromatic carbocycles. The maximum atomic E-state index is 12.9. The lowest BCUT2D eigenvalue weighted by molar-refractivity contribution is -0.122. The lowest BCUT2D eigenvalue weighted by atomic mass is 10.2. The van der Waals surface area contributed by atoms with Gasteiger partial charge >= 0.3 is 0 Å². The van der Waals surface area contributed by atoms with Gasteiger partial charge in [-0.3, -0.25) is 4.79 Å². The molecule has 2 aromatic rings. The zero-order valence-electron chi connectivity index (χ0n) is 12.4. The van der Waals surface area contributed by atoms with E-state index in [0.29, 0.717) is 24.5 Å². The summed E-state index contributed by atoms with van der Waals surface area (Å²) in [6.07, 6.45) is 2.84. The van der Waals surface area contributed by atoms with E-state index in [1.165, 1.54) is 12.1 Å². The highest BCUT2D eigenvalue weighted by Crippen LogP contribution is 2.21. The summed E-state index contributed by atoms with van der Waals surface area (Å²) >= 11 is 0. The normalized spacial score (nSPS) is 12.1. The van der Waals surface area contributed by atoms with Gasteiger partial charge in [0.05, 0.1) is 18.8 Å². The molecule has 0 fully saturated rings. The van der Waals surface area contributed by atoms with Gasteiger partial charge in [-0.15, -0.1) is 0 Å².